The molecule has 0 heterocycles. The van der Waals surface area contributed by atoms with Crippen LogP contribution < -0.4 is 5.73 Å². The molecule has 6 nitrogen and oxygen atoms in total. The molecular weight excluding hydrogens is 259 g/mol. The molecule has 0 aromatic heterocycles. The van der Waals surface area contributed by atoms with E-state index in [1.54, 1.807) is 0 Å². The van der Waals surface area contributed by atoms with Gasteiger partial charge in [0.25, 0.3) is 0 Å². The Hall–Kier alpha value is -1.11. The first kappa shape index (κ1) is 13.0. The number of allylic oxidation sites excluding steroid dienone is 1. The van der Waals surface area contributed by atoms with Crippen LogP contribution in [0.5, 0.6) is 0 Å². The van der Waals surface area contributed by atoms with Crippen molar-refractivity contribution >= 4 is 29.2 Å². The molecule has 1 aliphatic rings. The van der Waals surface area contributed by atoms with Crippen LogP contribution >= 0.6 is 23.2 Å². The number of carboxylic acids is 1. The Kier molecular flexibility index (Phi) is 3.57. The second-order valence-electron chi connectivity index (χ2n) is 3.35. The third kappa shape index (κ3) is 2.34. The Labute approximate surface area is 100 Å². The van der Waals surface area contributed by atoms with Gasteiger partial charge in [0.1, 0.15) is 5.03 Å². The van der Waals surface area contributed by atoms with Crippen molar-refractivity contribution in [3.63, 3.8) is 0 Å². The Morgan fingerprint density at radius 3 is 2.69 bits per heavy atom. The zero-order valence-corrected chi connectivity index (χ0v) is 9.46. The Bertz CT molecular complexity index is 418. The third-order valence-corrected chi connectivity index (χ3v) is 2.97. The van der Waals surface area contributed by atoms with Crippen molar-refractivity contribution in [2.75, 3.05) is 0 Å². The highest BCUT2D eigenvalue weighted by atomic mass is 35.5. The van der Waals surface area contributed by atoms with E-state index < -0.39 is 16.6 Å². The van der Waals surface area contributed by atoms with E-state index in [9.17, 15) is 14.9 Å². The van der Waals surface area contributed by atoms with Gasteiger partial charge in [-0.2, -0.15) is 0 Å². The minimum absolute atomic E-state index is 0.0472. The summed E-state index contributed by atoms with van der Waals surface area (Å²) in [5.74, 6) is -1.10. The minimum Gasteiger partial charge on any atom is -0.481 e. The highest BCUT2D eigenvalue weighted by molar-refractivity contribution is 6.33. The van der Waals surface area contributed by atoms with Gasteiger partial charge >= 0.3 is 11.6 Å². The molecule has 88 valence electrons. The summed E-state index contributed by atoms with van der Waals surface area (Å²) in [5.41, 5.74) is 3.74. The van der Waals surface area contributed by atoms with Gasteiger partial charge in [0.15, 0.2) is 0 Å². The summed E-state index contributed by atoms with van der Waals surface area (Å²) in [4.78, 5) is 20.5. The van der Waals surface area contributed by atoms with Crippen molar-refractivity contribution in [2.45, 2.75) is 18.5 Å². The van der Waals surface area contributed by atoms with Gasteiger partial charge in [-0.25, -0.2) is 0 Å². The van der Waals surface area contributed by atoms with Crippen molar-refractivity contribution in [2.24, 2.45) is 5.73 Å². The number of nitro groups is 1. The van der Waals surface area contributed by atoms with E-state index in [2.05, 4.69) is 0 Å². The summed E-state index contributed by atoms with van der Waals surface area (Å²) >= 11 is 11.4. The van der Waals surface area contributed by atoms with Crippen molar-refractivity contribution in [1.29, 1.82) is 0 Å². The molecule has 0 saturated carbocycles. The Morgan fingerprint density at radius 2 is 2.25 bits per heavy atom. The molecule has 0 aromatic carbocycles. The second-order valence-corrected chi connectivity index (χ2v) is 4.21. The number of nitrogens with zero attached hydrogens (tertiary/aromatic N) is 1. The van der Waals surface area contributed by atoms with Crippen LogP contribution in [-0.2, 0) is 4.79 Å². The number of hydrogen-bond donors (Lipinski definition) is 2. The number of aliphatic carboxylic acids is 1. The largest absolute Gasteiger partial charge is 0.481 e. The fourth-order valence-corrected chi connectivity index (χ4v) is 1.85. The molecule has 16 heavy (non-hydrogen) atoms. The lowest BCUT2D eigenvalue weighted by molar-refractivity contribution is -0.555. The predicted molar refractivity (Wildman–Crippen MR) is 57.6 cm³/mol. The first-order valence-electron chi connectivity index (χ1n) is 4.17. The smallest absolute Gasteiger partial charge is 0.313 e. The average molecular weight is 267 g/mol. The van der Waals surface area contributed by atoms with Crippen LogP contribution in [0.15, 0.2) is 21.7 Å². The van der Waals surface area contributed by atoms with Crippen molar-refractivity contribution in [1.82, 2.24) is 0 Å². The molecule has 0 spiro atoms. The normalized spacial score (nSPS) is 25.3. The van der Waals surface area contributed by atoms with Crippen molar-refractivity contribution < 1.29 is 14.8 Å². The molecule has 1 aliphatic carbocycles. The standard InChI is InChI=1S/C8H8Cl2N2O4/c9-5-3-8(11,12(15)16)6(10)1-4(5)2-7(13)14/h1H,2-3,11H2,(H,13,14). The number of nitrogens with two attached hydrogens (primary N) is 1. The lowest BCUT2D eigenvalue weighted by Crippen LogP contribution is -2.49. The molecule has 3 N–H and O–H groups in total. The van der Waals surface area contributed by atoms with Gasteiger partial charge in [-0.15, -0.1) is 0 Å². The van der Waals surface area contributed by atoms with Crippen LogP contribution in [0, 0.1) is 10.1 Å². The van der Waals surface area contributed by atoms with E-state index >= 15 is 0 Å². The highest BCUT2D eigenvalue weighted by Gasteiger charge is 2.45. The van der Waals surface area contributed by atoms with Gasteiger partial charge in [0.05, 0.1) is 12.8 Å². The molecule has 0 aliphatic heterocycles. The monoisotopic (exact) mass is 266 g/mol. The molecule has 1 rings (SSSR count). The van der Waals surface area contributed by atoms with Crippen molar-refractivity contribution in [3.8, 4) is 0 Å². The number of halogens is 2. The number of hydrogen-bond acceptors (Lipinski definition) is 4. The lowest BCUT2D eigenvalue weighted by atomic mass is 9.96. The van der Waals surface area contributed by atoms with Crippen LogP contribution in [-0.4, -0.2) is 21.7 Å². The van der Waals surface area contributed by atoms with Crippen LogP contribution in [0.3, 0.4) is 0 Å². The van der Waals surface area contributed by atoms with Crippen LogP contribution in [0.1, 0.15) is 12.8 Å². The summed E-state index contributed by atoms with van der Waals surface area (Å²) in [6.07, 6.45) is 0.493. The van der Waals surface area contributed by atoms with Crippen LogP contribution in [0.25, 0.3) is 0 Å². The van der Waals surface area contributed by atoms with Gasteiger partial charge in [0.2, 0.25) is 0 Å². The van der Waals surface area contributed by atoms with Crippen LogP contribution in [0.2, 0.25) is 0 Å². The molecule has 0 bridgehead atoms. The fourth-order valence-electron chi connectivity index (χ4n) is 1.25. The van der Waals surface area contributed by atoms with E-state index in [1.165, 1.54) is 0 Å². The predicted octanol–water partition coefficient (Wildman–Crippen LogP) is 1.41. The number of rotatable bonds is 3. The van der Waals surface area contributed by atoms with Gasteiger partial charge in [-0.05, 0) is 11.6 Å². The molecule has 8 heteroatoms. The van der Waals surface area contributed by atoms with E-state index in [1.807, 2.05) is 0 Å². The maximum Gasteiger partial charge on any atom is 0.313 e. The van der Waals surface area contributed by atoms with Crippen molar-refractivity contribution in [3.05, 3.63) is 31.8 Å². The highest BCUT2D eigenvalue weighted by Crippen LogP contribution is 2.36. The molecule has 0 amide bonds. The maximum absolute atomic E-state index is 10.7. The van der Waals surface area contributed by atoms with E-state index in [4.69, 9.17) is 34.0 Å². The van der Waals surface area contributed by atoms with Gasteiger partial charge in [0, 0.05) is 9.96 Å². The average Bonchev–Trinajstić information content (AvgIpc) is 2.13. The minimum atomic E-state index is -1.96. The fraction of sp³-hybridized carbons (Fsp3) is 0.375. The molecule has 0 saturated heterocycles. The molecule has 0 radical (unpaired) electrons. The molecule has 0 fully saturated rings. The topological polar surface area (TPSA) is 106 Å². The summed E-state index contributed by atoms with van der Waals surface area (Å²) in [6, 6.07) is 0. The quantitative estimate of drug-likeness (QED) is 0.456. The summed E-state index contributed by atoms with van der Waals surface area (Å²) in [6.45, 7) is 0. The molecule has 1 atom stereocenters. The van der Waals surface area contributed by atoms with Gasteiger partial charge in [-0.1, -0.05) is 23.2 Å². The van der Waals surface area contributed by atoms with E-state index in [-0.39, 0.29) is 28.5 Å². The first-order valence-corrected chi connectivity index (χ1v) is 4.93. The van der Waals surface area contributed by atoms with Crippen LogP contribution in [0.4, 0.5) is 0 Å². The first-order chi connectivity index (χ1) is 7.27. The van der Waals surface area contributed by atoms with E-state index in [0.717, 1.165) is 6.08 Å². The number of carbonyl (C=O) groups is 1. The van der Waals surface area contributed by atoms with E-state index in [0.29, 0.717) is 0 Å². The molecule has 1 unspecified atom stereocenters. The maximum atomic E-state index is 10.7. The SMILES string of the molecule is NC1([N+](=O)[O-])CC(Cl)=C(CC(=O)O)C=C1Cl. The molecular formula is C8H8Cl2N2O4. The summed E-state index contributed by atoms with van der Waals surface area (Å²) in [7, 11) is 0. The zero-order chi connectivity index (χ0) is 12.5. The van der Waals surface area contributed by atoms with Gasteiger partial charge < -0.3 is 5.11 Å². The Morgan fingerprint density at radius 1 is 1.69 bits per heavy atom. The lowest BCUT2D eigenvalue weighted by Gasteiger charge is -2.24. The summed E-state index contributed by atoms with van der Waals surface area (Å²) < 4.78 is 0. The second kappa shape index (κ2) is 4.40. The summed E-state index contributed by atoms with van der Waals surface area (Å²) in [5, 5.41) is 19.1. The van der Waals surface area contributed by atoms with Gasteiger partial charge in [-0.3, -0.25) is 20.6 Å². The molecule has 0 aromatic rings. The zero-order valence-electron chi connectivity index (χ0n) is 7.94. The Balaban J connectivity index is 3.07. The third-order valence-electron chi connectivity index (χ3n) is 2.16. The number of carboxylic acid groups (broad SMARTS) is 1.